The number of hydrogen-bond donors (Lipinski definition) is 4. The third-order valence-corrected chi connectivity index (χ3v) is 4.09. The molecule has 0 bridgehead atoms. The van der Waals surface area contributed by atoms with E-state index in [0.29, 0.717) is 5.75 Å². The number of para-hydroxylation sites is 1. The molecule has 3 aromatic rings. The van der Waals surface area contributed by atoms with E-state index in [1.54, 1.807) is 30.3 Å². The molecule has 0 saturated carbocycles. The Kier molecular flexibility index (Phi) is 5.19. The molecule has 0 aliphatic rings. The van der Waals surface area contributed by atoms with Crippen LogP contribution in [0.2, 0.25) is 0 Å². The predicted octanol–water partition coefficient (Wildman–Crippen LogP) is 2.72. The second-order valence-electron chi connectivity index (χ2n) is 5.95. The maximum Gasteiger partial charge on any atom is 0.342 e. The molecular formula is C19H13N3O8. The summed E-state index contributed by atoms with van der Waals surface area (Å²) in [5.41, 5.74) is 0.828. The van der Waals surface area contributed by atoms with Gasteiger partial charge in [0.05, 0.1) is 10.5 Å². The number of nitro groups is 1. The molecular weight excluding hydrogens is 398 g/mol. The lowest BCUT2D eigenvalue weighted by molar-refractivity contribution is -0.384. The van der Waals surface area contributed by atoms with Gasteiger partial charge in [0, 0.05) is 11.6 Å². The van der Waals surface area contributed by atoms with E-state index in [-0.39, 0.29) is 5.75 Å². The molecule has 0 amide bonds. The van der Waals surface area contributed by atoms with Gasteiger partial charge in [-0.1, -0.05) is 18.2 Å². The molecule has 3 rings (SSSR count). The SMILES string of the molecule is Nc1[nH]c(=O)c(C(=O)O)c(-c2cc(Oc3ccccc3)ccc2[N+](=O)[O-])c1C(=O)O. The van der Waals surface area contributed by atoms with Gasteiger partial charge in [-0.15, -0.1) is 0 Å². The van der Waals surface area contributed by atoms with Gasteiger partial charge in [-0.25, -0.2) is 9.59 Å². The topological polar surface area (TPSA) is 186 Å². The summed E-state index contributed by atoms with van der Waals surface area (Å²) in [6, 6.07) is 11.7. The van der Waals surface area contributed by atoms with Crippen LogP contribution in [0.4, 0.5) is 11.5 Å². The number of aromatic amines is 1. The molecule has 0 fully saturated rings. The molecule has 0 aliphatic heterocycles. The molecule has 1 aromatic heterocycles. The molecule has 30 heavy (non-hydrogen) atoms. The van der Waals surface area contributed by atoms with Gasteiger partial charge in [-0.05, 0) is 24.3 Å². The average molecular weight is 411 g/mol. The monoisotopic (exact) mass is 411 g/mol. The number of rotatable bonds is 6. The minimum absolute atomic E-state index is 0.0494. The first-order chi connectivity index (χ1) is 14.2. The number of hydrogen-bond acceptors (Lipinski definition) is 7. The first kappa shape index (κ1) is 20.1. The second kappa shape index (κ2) is 7.75. The van der Waals surface area contributed by atoms with Crippen LogP contribution >= 0.6 is 0 Å². The highest BCUT2D eigenvalue weighted by molar-refractivity contribution is 6.08. The molecule has 0 aliphatic carbocycles. The highest BCUT2D eigenvalue weighted by Crippen LogP contribution is 2.38. The summed E-state index contributed by atoms with van der Waals surface area (Å²) in [5, 5.41) is 30.6. The quantitative estimate of drug-likeness (QED) is 0.349. The number of nitrogens with two attached hydrogens (primary N) is 1. The molecule has 0 saturated heterocycles. The smallest absolute Gasteiger partial charge is 0.342 e. The standard InChI is InChI=1S/C19H13N3O8/c20-16-14(18(24)25)13(15(19(26)27)17(23)21-16)11-8-10(6-7-12(11)22(28)29)30-9-4-2-1-3-5-9/h1-8H,(H,24,25)(H,26,27)(H3,20,21,23). The Morgan fingerprint density at radius 1 is 1.00 bits per heavy atom. The third-order valence-electron chi connectivity index (χ3n) is 4.09. The number of benzene rings is 2. The fourth-order valence-electron chi connectivity index (χ4n) is 2.88. The zero-order valence-corrected chi connectivity index (χ0v) is 15.0. The summed E-state index contributed by atoms with van der Waals surface area (Å²) in [7, 11) is 0. The summed E-state index contributed by atoms with van der Waals surface area (Å²) in [6.07, 6.45) is 0. The normalized spacial score (nSPS) is 10.4. The minimum Gasteiger partial charge on any atom is -0.478 e. The van der Waals surface area contributed by atoms with Crippen molar-refractivity contribution in [2.45, 2.75) is 0 Å². The number of pyridine rings is 1. The molecule has 0 atom stereocenters. The summed E-state index contributed by atoms with van der Waals surface area (Å²) >= 11 is 0. The van der Waals surface area contributed by atoms with Crippen molar-refractivity contribution in [3.8, 4) is 22.6 Å². The van der Waals surface area contributed by atoms with E-state index in [9.17, 15) is 34.7 Å². The number of carbonyl (C=O) groups is 2. The van der Waals surface area contributed by atoms with Crippen molar-refractivity contribution in [2.24, 2.45) is 0 Å². The summed E-state index contributed by atoms with van der Waals surface area (Å²) in [4.78, 5) is 48.3. The van der Waals surface area contributed by atoms with E-state index < -0.39 is 56.2 Å². The van der Waals surface area contributed by atoms with Crippen molar-refractivity contribution in [3.05, 3.63) is 80.1 Å². The Balaban J connectivity index is 2.37. The van der Waals surface area contributed by atoms with Crippen LogP contribution in [0.25, 0.3) is 11.1 Å². The van der Waals surface area contributed by atoms with Crippen LogP contribution in [0.15, 0.2) is 53.3 Å². The zero-order chi connectivity index (χ0) is 22.0. The second-order valence-corrected chi connectivity index (χ2v) is 5.95. The lowest BCUT2D eigenvalue weighted by Crippen LogP contribution is -2.24. The minimum atomic E-state index is -1.78. The molecule has 0 unspecified atom stereocenters. The van der Waals surface area contributed by atoms with E-state index in [4.69, 9.17) is 10.5 Å². The molecule has 0 radical (unpaired) electrons. The van der Waals surface area contributed by atoms with E-state index in [1.807, 2.05) is 4.98 Å². The number of carboxylic acid groups (broad SMARTS) is 2. The molecule has 2 aromatic carbocycles. The number of aromatic nitrogens is 1. The van der Waals surface area contributed by atoms with E-state index in [0.717, 1.165) is 12.1 Å². The maximum absolute atomic E-state index is 12.2. The number of anilines is 1. The van der Waals surface area contributed by atoms with Gasteiger partial charge in [0.1, 0.15) is 28.4 Å². The van der Waals surface area contributed by atoms with Gasteiger partial charge in [0.2, 0.25) is 0 Å². The molecule has 0 spiro atoms. The predicted molar refractivity (Wildman–Crippen MR) is 104 cm³/mol. The fourth-order valence-corrected chi connectivity index (χ4v) is 2.88. The van der Waals surface area contributed by atoms with Crippen LogP contribution in [0, 0.1) is 10.1 Å². The van der Waals surface area contributed by atoms with Gasteiger partial charge >= 0.3 is 11.9 Å². The number of nitrogen functional groups attached to an aromatic ring is 1. The van der Waals surface area contributed by atoms with E-state index >= 15 is 0 Å². The van der Waals surface area contributed by atoms with Gasteiger partial charge in [0.15, 0.2) is 0 Å². The van der Waals surface area contributed by atoms with Crippen molar-refractivity contribution in [1.29, 1.82) is 0 Å². The van der Waals surface area contributed by atoms with Crippen LogP contribution in [0.5, 0.6) is 11.5 Å². The van der Waals surface area contributed by atoms with Crippen molar-refractivity contribution in [2.75, 3.05) is 5.73 Å². The van der Waals surface area contributed by atoms with Crippen molar-refractivity contribution in [1.82, 2.24) is 4.98 Å². The molecule has 5 N–H and O–H groups in total. The van der Waals surface area contributed by atoms with Gasteiger partial charge in [-0.2, -0.15) is 0 Å². The number of nitrogens with one attached hydrogen (secondary N) is 1. The average Bonchev–Trinajstić information content (AvgIpc) is 2.67. The lowest BCUT2D eigenvalue weighted by atomic mass is 9.94. The van der Waals surface area contributed by atoms with Gasteiger partial charge in [-0.3, -0.25) is 14.9 Å². The van der Waals surface area contributed by atoms with Crippen molar-refractivity contribution < 1.29 is 29.5 Å². The van der Waals surface area contributed by atoms with Gasteiger partial charge < -0.3 is 25.7 Å². The summed E-state index contributed by atoms with van der Waals surface area (Å²) in [6.45, 7) is 0. The van der Waals surface area contributed by atoms with Crippen LogP contribution < -0.4 is 16.0 Å². The Morgan fingerprint density at radius 3 is 2.20 bits per heavy atom. The van der Waals surface area contributed by atoms with Crippen LogP contribution in [0.1, 0.15) is 20.7 Å². The number of H-pyrrole nitrogens is 1. The highest BCUT2D eigenvalue weighted by Gasteiger charge is 2.31. The first-order valence-corrected chi connectivity index (χ1v) is 8.24. The highest BCUT2D eigenvalue weighted by atomic mass is 16.6. The Labute approximate surface area is 167 Å². The molecule has 152 valence electrons. The van der Waals surface area contributed by atoms with Crippen molar-refractivity contribution >= 4 is 23.4 Å². The molecule has 1 heterocycles. The molecule has 11 nitrogen and oxygen atoms in total. The third kappa shape index (κ3) is 3.67. The number of carboxylic acids is 2. The number of ether oxygens (including phenoxy) is 1. The van der Waals surface area contributed by atoms with Crippen LogP contribution in [0.3, 0.4) is 0 Å². The van der Waals surface area contributed by atoms with Crippen LogP contribution in [-0.4, -0.2) is 32.1 Å². The van der Waals surface area contributed by atoms with Crippen LogP contribution in [-0.2, 0) is 0 Å². The Hall–Kier alpha value is -4.67. The Bertz CT molecular complexity index is 1230. The van der Waals surface area contributed by atoms with E-state index in [2.05, 4.69) is 0 Å². The number of nitrogens with zero attached hydrogens (tertiary/aromatic N) is 1. The fraction of sp³-hybridized carbons (Fsp3) is 0. The van der Waals surface area contributed by atoms with Crippen molar-refractivity contribution in [3.63, 3.8) is 0 Å². The maximum atomic E-state index is 12.2. The largest absolute Gasteiger partial charge is 0.478 e. The van der Waals surface area contributed by atoms with Gasteiger partial charge in [0.25, 0.3) is 11.2 Å². The number of nitro benzene ring substituents is 1. The van der Waals surface area contributed by atoms with E-state index in [1.165, 1.54) is 6.07 Å². The number of aromatic carboxylic acids is 2. The zero-order valence-electron chi connectivity index (χ0n) is 15.0. The summed E-state index contributed by atoms with van der Waals surface area (Å²) < 4.78 is 5.60. The Morgan fingerprint density at radius 2 is 1.63 bits per heavy atom. The summed E-state index contributed by atoms with van der Waals surface area (Å²) in [5.74, 6) is -3.67. The first-order valence-electron chi connectivity index (χ1n) is 8.24. The molecule has 11 heteroatoms. The lowest BCUT2D eigenvalue weighted by Gasteiger charge is -2.14.